The highest BCUT2D eigenvalue weighted by Gasteiger charge is 2.41. The molecule has 0 radical (unpaired) electrons. The third kappa shape index (κ3) is 4.12. The first kappa shape index (κ1) is 19.7. The third-order valence-corrected chi connectivity index (χ3v) is 3.77. The van der Waals surface area contributed by atoms with Crippen molar-refractivity contribution in [2.24, 2.45) is 0 Å². The van der Waals surface area contributed by atoms with Crippen molar-refractivity contribution in [3.8, 4) is 11.7 Å². The molecular weight excluding hydrogens is 351 g/mol. The van der Waals surface area contributed by atoms with Crippen molar-refractivity contribution in [2.75, 3.05) is 20.2 Å². The molecule has 0 aliphatic carbocycles. The minimum atomic E-state index is -4.78. The van der Waals surface area contributed by atoms with Gasteiger partial charge in [0.05, 0.1) is 18.9 Å². The molecule has 0 fully saturated rings. The van der Waals surface area contributed by atoms with Crippen LogP contribution in [0, 0.1) is 0 Å². The van der Waals surface area contributed by atoms with Gasteiger partial charge in [-0.1, -0.05) is 13.3 Å². The molecule has 0 aromatic carbocycles. The molecule has 2 aromatic heterocycles. The number of halogens is 3. The van der Waals surface area contributed by atoms with Crippen LogP contribution < -0.4 is 4.74 Å². The van der Waals surface area contributed by atoms with Crippen LogP contribution in [0.25, 0.3) is 5.82 Å². The summed E-state index contributed by atoms with van der Waals surface area (Å²) >= 11 is 0. The molecule has 0 aliphatic heterocycles. The molecule has 0 saturated carbocycles. The van der Waals surface area contributed by atoms with E-state index in [4.69, 9.17) is 4.74 Å². The maximum absolute atomic E-state index is 13.6. The zero-order valence-electron chi connectivity index (χ0n) is 14.7. The van der Waals surface area contributed by atoms with E-state index < -0.39 is 23.3 Å². The van der Waals surface area contributed by atoms with Crippen molar-refractivity contribution >= 4 is 5.91 Å². The third-order valence-electron chi connectivity index (χ3n) is 3.77. The van der Waals surface area contributed by atoms with E-state index in [1.807, 2.05) is 6.92 Å². The quantitative estimate of drug-likeness (QED) is 0.748. The predicted molar refractivity (Wildman–Crippen MR) is 87.2 cm³/mol. The van der Waals surface area contributed by atoms with Crippen LogP contribution >= 0.6 is 0 Å². The van der Waals surface area contributed by atoms with Gasteiger partial charge in [0.15, 0.2) is 11.5 Å². The number of carbonyl (C=O) groups is 1. The molecule has 2 rings (SSSR count). The van der Waals surface area contributed by atoms with Crippen molar-refractivity contribution in [1.29, 1.82) is 0 Å². The van der Waals surface area contributed by atoms with Crippen LogP contribution in [0.2, 0.25) is 0 Å². The van der Waals surface area contributed by atoms with Crippen LogP contribution in [-0.4, -0.2) is 51.0 Å². The van der Waals surface area contributed by atoms with Crippen LogP contribution in [0.4, 0.5) is 13.2 Å². The Morgan fingerprint density at radius 2 is 2.00 bits per heavy atom. The van der Waals surface area contributed by atoms with Gasteiger partial charge in [0, 0.05) is 19.2 Å². The number of hydrogen-bond donors (Lipinski definition) is 0. The summed E-state index contributed by atoms with van der Waals surface area (Å²) in [7, 11) is 1.37. The summed E-state index contributed by atoms with van der Waals surface area (Å²) in [6.45, 7) is 4.36. The smallest absolute Gasteiger partial charge is 0.434 e. The topological polar surface area (TPSA) is 73.1 Å². The second kappa shape index (κ2) is 8.15. The van der Waals surface area contributed by atoms with Gasteiger partial charge in [-0.05, 0) is 19.4 Å². The van der Waals surface area contributed by atoms with Gasteiger partial charge in [-0.3, -0.25) is 4.79 Å². The van der Waals surface area contributed by atoms with Gasteiger partial charge in [0.25, 0.3) is 5.91 Å². The molecule has 10 heteroatoms. The Morgan fingerprint density at radius 3 is 2.50 bits per heavy atom. The van der Waals surface area contributed by atoms with Crippen LogP contribution in [0.3, 0.4) is 0 Å². The predicted octanol–water partition coefficient (Wildman–Crippen LogP) is 2.95. The van der Waals surface area contributed by atoms with E-state index in [0.29, 0.717) is 24.2 Å². The number of carbonyl (C=O) groups excluding carboxylic acids is 1. The van der Waals surface area contributed by atoms with Crippen molar-refractivity contribution in [2.45, 2.75) is 32.9 Å². The van der Waals surface area contributed by atoms with Gasteiger partial charge in [-0.15, -0.1) is 10.2 Å². The number of amides is 1. The second-order valence-electron chi connectivity index (χ2n) is 5.49. The number of nitrogens with zero attached hydrogens (tertiary/aromatic N) is 5. The average molecular weight is 371 g/mol. The highest BCUT2D eigenvalue weighted by Crippen LogP contribution is 2.34. The molecular formula is C16H20F3N5O2. The standard InChI is InChI=1S/C16H20F3N5O2/c1-4-6-9-23(5-2)15(25)11-10-20-24(14(11)16(17,18)19)12-7-8-13(26-3)22-21-12/h7-8,10H,4-6,9H2,1-3H3. The number of aromatic nitrogens is 4. The van der Waals surface area contributed by atoms with Crippen molar-refractivity contribution in [3.05, 3.63) is 29.6 Å². The molecule has 0 bridgehead atoms. The molecule has 1 amide bonds. The van der Waals surface area contributed by atoms with Crippen molar-refractivity contribution < 1.29 is 22.7 Å². The molecule has 2 aromatic rings. The second-order valence-corrected chi connectivity index (χ2v) is 5.49. The molecule has 0 unspecified atom stereocenters. The number of alkyl halides is 3. The summed E-state index contributed by atoms with van der Waals surface area (Å²) < 4.78 is 46.4. The van der Waals surface area contributed by atoms with Crippen LogP contribution in [0.5, 0.6) is 5.88 Å². The Balaban J connectivity index is 2.48. The lowest BCUT2D eigenvalue weighted by Crippen LogP contribution is -2.33. The first-order chi connectivity index (χ1) is 12.3. The Kier molecular flexibility index (Phi) is 6.17. The van der Waals surface area contributed by atoms with Crippen LogP contribution in [0.1, 0.15) is 42.7 Å². The highest BCUT2D eigenvalue weighted by molar-refractivity contribution is 5.95. The summed E-state index contributed by atoms with van der Waals surface area (Å²) in [5.74, 6) is -0.711. The molecule has 0 aliphatic rings. The molecule has 0 N–H and O–H groups in total. The van der Waals surface area contributed by atoms with Crippen molar-refractivity contribution in [3.63, 3.8) is 0 Å². The van der Waals surface area contributed by atoms with Crippen molar-refractivity contribution in [1.82, 2.24) is 24.9 Å². The van der Waals surface area contributed by atoms with E-state index in [2.05, 4.69) is 15.3 Å². The average Bonchev–Trinajstić information content (AvgIpc) is 3.07. The van der Waals surface area contributed by atoms with Gasteiger partial charge in [0.2, 0.25) is 5.88 Å². The Morgan fingerprint density at radius 1 is 1.27 bits per heavy atom. The van der Waals surface area contributed by atoms with Crippen LogP contribution in [-0.2, 0) is 6.18 Å². The SMILES string of the molecule is CCCCN(CC)C(=O)c1cnn(-c2ccc(OC)nn2)c1C(F)(F)F. The lowest BCUT2D eigenvalue weighted by atomic mass is 10.2. The minimum absolute atomic E-state index is 0.155. The van der Waals surface area contributed by atoms with Gasteiger partial charge in [-0.2, -0.15) is 18.3 Å². The fourth-order valence-electron chi connectivity index (χ4n) is 2.41. The zero-order chi connectivity index (χ0) is 19.3. The van der Waals surface area contributed by atoms with E-state index in [1.54, 1.807) is 6.92 Å². The fourth-order valence-corrected chi connectivity index (χ4v) is 2.41. The zero-order valence-corrected chi connectivity index (χ0v) is 14.7. The lowest BCUT2D eigenvalue weighted by molar-refractivity contribution is -0.143. The van der Waals surface area contributed by atoms with E-state index >= 15 is 0 Å². The molecule has 26 heavy (non-hydrogen) atoms. The fraction of sp³-hybridized carbons (Fsp3) is 0.500. The number of rotatable bonds is 7. The van der Waals surface area contributed by atoms with Crippen LogP contribution in [0.15, 0.2) is 18.3 Å². The molecule has 2 heterocycles. The Bertz CT molecular complexity index is 743. The largest absolute Gasteiger partial charge is 0.480 e. The molecule has 0 atom stereocenters. The lowest BCUT2D eigenvalue weighted by Gasteiger charge is -2.21. The first-order valence-corrected chi connectivity index (χ1v) is 8.16. The van der Waals surface area contributed by atoms with Gasteiger partial charge < -0.3 is 9.64 Å². The summed E-state index contributed by atoms with van der Waals surface area (Å²) in [6, 6.07) is 2.66. The summed E-state index contributed by atoms with van der Waals surface area (Å²) in [5.41, 5.74) is -1.68. The molecule has 142 valence electrons. The van der Waals surface area contributed by atoms with Gasteiger partial charge >= 0.3 is 6.18 Å². The summed E-state index contributed by atoms with van der Waals surface area (Å²) in [5, 5.41) is 11.1. The summed E-state index contributed by atoms with van der Waals surface area (Å²) in [4.78, 5) is 14.0. The number of unbranched alkanes of at least 4 members (excludes halogenated alkanes) is 1. The molecule has 7 nitrogen and oxygen atoms in total. The summed E-state index contributed by atoms with van der Waals surface area (Å²) in [6.07, 6.45) is -2.32. The van der Waals surface area contributed by atoms with Gasteiger partial charge in [0.1, 0.15) is 0 Å². The maximum Gasteiger partial charge on any atom is 0.434 e. The minimum Gasteiger partial charge on any atom is -0.480 e. The monoisotopic (exact) mass is 371 g/mol. The Labute approximate surface area is 148 Å². The normalized spacial score (nSPS) is 11.5. The van der Waals surface area contributed by atoms with Gasteiger partial charge in [-0.25, -0.2) is 4.68 Å². The first-order valence-electron chi connectivity index (χ1n) is 8.16. The highest BCUT2D eigenvalue weighted by atomic mass is 19.4. The Hall–Kier alpha value is -2.65. The molecule has 0 saturated heterocycles. The van der Waals surface area contributed by atoms with E-state index in [1.165, 1.54) is 24.1 Å². The van der Waals surface area contributed by atoms with E-state index in [0.717, 1.165) is 12.6 Å². The maximum atomic E-state index is 13.6. The molecule has 0 spiro atoms. The number of ether oxygens (including phenoxy) is 1. The van der Waals surface area contributed by atoms with E-state index in [-0.39, 0.29) is 11.7 Å². The number of methoxy groups -OCH3 is 1. The van der Waals surface area contributed by atoms with E-state index in [9.17, 15) is 18.0 Å². The number of hydrogen-bond acceptors (Lipinski definition) is 5.